The minimum absolute atomic E-state index is 0.232. The van der Waals surface area contributed by atoms with Crippen LogP contribution < -0.4 is 0 Å². The largest absolute Gasteiger partial charge is 0.478 e. The Morgan fingerprint density at radius 2 is 1.33 bits per heavy atom. The molecule has 0 bridgehead atoms. The lowest BCUT2D eigenvalue weighted by molar-refractivity contribution is 0.0692. The van der Waals surface area contributed by atoms with Gasteiger partial charge in [-0.15, -0.1) is 0 Å². The third kappa shape index (κ3) is 9.09. The van der Waals surface area contributed by atoms with E-state index < -0.39 is 11.8 Å². The van der Waals surface area contributed by atoms with E-state index in [0.717, 1.165) is 12.8 Å². The maximum absolute atomic E-state index is 13.3. The van der Waals surface area contributed by atoms with Crippen LogP contribution in [-0.2, 0) is 6.54 Å². The Kier molecular flexibility index (Phi) is 11.2. The lowest BCUT2D eigenvalue weighted by Gasteiger charge is -2.04. The van der Waals surface area contributed by atoms with Crippen molar-refractivity contribution in [2.24, 2.45) is 0 Å². The minimum atomic E-state index is -1.20. The molecule has 0 unspecified atom stereocenters. The maximum Gasteiger partial charge on any atom is 0.340 e. The van der Waals surface area contributed by atoms with Gasteiger partial charge in [0, 0.05) is 18.9 Å². The van der Waals surface area contributed by atoms with E-state index in [0.29, 0.717) is 6.54 Å². The van der Waals surface area contributed by atoms with Crippen LogP contribution in [0.1, 0.15) is 101 Å². The molecule has 1 aromatic heterocycles. The highest BCUT2D eigenvalue weighted by Crippen LogP contribution is 2.14. The molecular weight excluding hydrogens is 305 g/mol. The molecule has 0 atom stereocenters. The van der Waals surface area contributed by atoms with Gasteiger partial charge in [0.15, 0.2) is 5.82 Å². The molecule has 0 amide bonds. The summed E-state index contributed by atoms with van der Waals surface area (Å²) >= 11 is 0. The van der Waals surface area contributed by atoms with E-state index in [1.807, 2.05) is 0 Å². The lowest BCUT2D eigenvalue weighted by atomic mass is 10.0. The molecule has 1 heterocycles. The van der Waals surface area contributed by atoms with Crippen LogP contribution in [0.15, 0.2) is 12.4 Å². The summed E-state index contributed by atoms with van der Waals surface area (Å²) in [5.74, 6) is -1.84. The number of rotatable bonds is 15. The molecule has 0 spiro atoms. The highest BCUT2D eigenvalue weighted by Gasteiger charge is 2.12. The Balaban J connectivity index is 1.90. The van der Waals surface area contributed by atoms with Gasteiger partial charge in [0.2, 0.25) is 0 Å². The molecule has 138 valence electrons. The third-order valence-electron chi connectivity index (χ3n) is 4.58. The molecule has 0 aromatic carbocycles. The van der Waals surface area contributed by atoms with Crippen molar-refractivity contribution in [3.8, 4) is 0 Å². The van der Waals surface area contributed by atoms with Crippen LogP contribution in [0, 0.1) is 5.82 Å². The van der Waals surface area contributed by atoms with Gasteiger partial charge in [0.1, 0.15) is 5.56 Å². The standard InChI is InChI=1S/C20H34FNO2/c1-2-3-4-5-6-7-8-9-10-11-12-13-14-15-22-16-18(20(23)24)19(21)17-22/h16-17H,2-15H2,1H3,(H,23,24). The zero-order chi connectivity index (χ0) is 17.6. The van der Waals surface area contributed by atoms with E-state index in [1.54, 1.807) is 4.57 Å². The van der Waals surface area contributed by atoms with E-state index >= 15 is 0 Å². The molecule has 0 aliphatic heterocycles. The maximum atomic E-state index is 13.3. The molecule has 0 saturated carbocycles. The quantitative estimate of drug-likeness (QED) is 0.375. The van der Waals surface area contributed by atoms with Crippen LogP contribution in [0.2, 0.25) is 0 Å². The zero-order valence-electron chi connectivity index (χ0n) is 15.2. The topological polar surface area (TPSA) is 42.2 Å². The van der Waals surface area contributed by atoms with Gasteiger partial charge in [-0.3, -0.25) is 0 Å². The van der Waals surface area contributed by atoms with Crippen LogP contribution in [-0.4, -0.2) is 15.6 Å². The molecule has 0 aliphatic rings. The average Bonchev–Trinajstić information content (AvgIpc) is 2.93. The van der Waals surface area contributed by atoms with Crippen molar-refractivity contribution in [2.75, 3.05) is 0 Å². The van der Waals surface area contributed by atoms with E-state index in [9.17, 15) is 9.18 Å². The van der Waals surface area contributed by atoms with Gasteiger partial charge in [0.05, 0.1) is 0 Å². The third-order valence-corrected chi connectivity index (χ3v) is 4.58. The Bertz CT molecular complexity index is 456. The molecule has 1 N–H and O–H groups in total. The predicted molar refractivity (Wildman–Crippen MR) is 97.0 cm³/mol. The van der Waals surface area contributed by atoms with Gasteiger partial charge < -0.3 is 9.67 Å². The van der Waals surface area contributed by atoms with E-state index in [4.69, 9.17) is 5.11 Å². The molecule has 0 radical (unpaired) electrons. The van der Waals surface area contributed by atoms with E-state index in [-0.39, 0.29) is 5.56 Å². The summed E-state index contributed by atoms with van der Waals surface area (Å²) in [5.41, 5.74) is -0.232. The Labute approximate surface area is 146 Å². The molecule has 0 saturated heterocycles. The number of hydrogen-bond donors (Lipinski definition) is 1. The Morgan fingerprint density at radius 1 is 0.875 bits per heavy atom. The van der Waals surface area contributed by atoms with Crippen LogP contribution in [0.3, 0.4) is 0 Å². The number of halogens is 1. The SMILES string of the molecule is CCCCCCCCCCCCCCCn1cc(F)c(C(=O)O)c1. The number of aromatic carboxylic acids is 1. The van der Waals surface area contributed by atoms with Crippen molar-refractivity contribution < 1.29 is 14.3 Å². The second-order valence-electron chi connectivity index (χ2n) is 6.81. The fourth-order valence-corrected chi connectivity index (χ4v) is 3.08. The summed E-state index contributed by atoms with van der Waals surface area (Å²) in [6.07, 6.45) is 19.6. The summed E-state index contributed by atoms with van der Waals surface area (Å²) in [6, 6.07) is 0. The fourth-order valence-electron chi connectivity index (χ4n) is 3.08. The van der Waals surface area contributed by atoms with Gasteiger partial charge in [-0.2, -0.15) is 0 Å². The summed E-state index contributed by atoms with van der Waals surface area (Å²) in [7, 11) is 0. The number of unbranched alkanes of at least 4 members (excludes halogenated alkanes) is 12. The molecule has 4 heteroatoms. The van der Waals surface area contributed by atoms with Crippen molar-refractivity contribution in [1.29, 1.82) is 0 Å². The molecule has 1 aromatic rings. The molecule has 0 aliphatic carbocycles. The van der Waals surface area contributed by atoms with Crippen LogP contribution in [0.4, 0.5) is 4.39 Å². The highest BCUT2D eigenvalue weighted by atomic mass is 19.1. The molecular formula is C20H34FNO2. The first-order chi connectivity index (χ1) is 11.6. The van der Waals surface area contributed by atoms with Crippen molar-refractivity contribution in [2.45, 2.75) is 96.9 Å². The van der Waals surface area contributed by atoms with Crippen LogP contribution in [0.25, 0.3) is 0 Å². The smallest absolute Gasteiger partial charge is 0.340 e. The average molecular weight is 339 g/mol. The first-order valence-electron chi connectivity index (χ1n) is 9.73. The van der Waals surface area contributed by atoms with Gasteiger partial charge in [-0.25, -0.2) is 9.18 Å². The number of nitrogens with zero attached hydrogens (tertiary/aromatic N) is 1. The van der Waals surface area contributed by atoms with Gasteiger partial charge in [-0.1, -0.05) is 84.0 Å². The normalized spacial score (nSPS) is 11.1. The van der Waals surface area contributed by atoms with E-state index in [1.165, 1.54) is 83.0 Å². The predicted octanol–water partition coefficient (Wildman–Crippen LogP) is 6.42. The zero-order valence-corrected chi connectivity index (χ0v) is 15.2. The second-order valence-corrected chi connectivity index (χ2v) is 6.81. The first-order valence-corrected chi connectivity index (χ1v) is 9.73. The number of aromatic nitrogens is 1. The number of hydrogen-bond acceptors (Lipinski definition) is 1. The summed E-state index contributed by atoms with van der Waals surface area (Å²) in [5, 5.41) is 8.81. The van der Waals surface area contributed by atoms with Crippen molar-refractivity contribution in [1.82, 2.24) is 4.57 Å². The summed E-state index contributed by atoms with van der Waals surface area (Å²) in [4.78, 5) is 10.8. The molecule has 24 heavy (non-hydrogen) atoms. The van der Waals surface area contributed by atoms with Crippen molar-refractivity contribution >= 4 is 5.97 Å². The minimum Gasteiger partial charge on any atom is -0.478 e. The molecule has 0 fully saturated rings. The number of carboxylic acids is 1. The van der Waals surface area contributed by atoms with E-state index in [2.05, 4.69) is 6.92 Å². The van der Waals surface area contributed by atoms with Crippen molar-refractivity contribution in [3.63, 3.8) is 0 Å². The lowest BCUT2D eigenvalue weighted by Crippen LogP contribution is -1.97. The monoisotopic (exact) mass is 339 g/mol. The molecule has 3 nitrogen and oxygen atoms in total. The van der Waals surface area contributed by atoms with Gasteiger partial charge >= 0.3 is 5.97 Å². The fraction of sp³-hybridized carbons (Fsp3) is 0.750. The first kappa shape index (κ1) is 20.7. The second kappa shape index (κ2) is 13.0. The van der Waals surface area contributed by atoms with Gasteiger partial charge in [0.25, 0.3) is 0 Å². The number of aryl methyl sites for hydroxylation is 1. The number of carbonyl (C=O) groups is 1. The Hall–Kier alpha value is -1.32. The van der Waals surface area contributed by atoms with Crippen molar-refractivity contribution in [3.05, 3.63) is 23.8 Å². The van der Waals surface area contributed by atoms with Gasteiger partial charge in [-0.05, 0) is 6.42 Å². The van der Waals surface area contributed by atoms with Crippen LogP contribution in [0.5, 0.6) is 0 Å². The number of carboxylic acid groups (broad SMARTS) is 1. The molecule has 1 rings (SSSR count). The summed E-state index contributed by atoms with van der Waals surface area (Å²) in [6.45, 7) is 2.95. The highest BCUT2D eigenvalue weighted by molar-refractivity contribution is 5.87. The Morgan fingerprint density at radius 3 is 1.75 bits per heavy atom. The van der Waals surface area contributed by atoms with Crippen LogP contribution >= 0.6 is 0 Å². The summed E-state index contributed by atoms with van der Waals surface area (Å²) < 4.78 is 15.0.